The molecule has 0 aliphatic rings. The number of nitrogens with zero attached hydrogens (tertiary/aromatic N) is 1. The Hall–Kier alpha value is -2.43. The minimum atomic E-state index is -0.805. The normalized spacial score (nSPS) is 10.2. The average Bonchev–Trinajstić information content (AvgIpc) is 2.29. The number of benzene rings is 1. The van der Waals surface area contributed by atoms with Crippen LogP contribution in [0.5, 0.6) is 0 Å². The average molecular weight is 232 g/mol. The Kier molecular flexibility index (Phi) is 2.74. The number of hydrogen-bond donors (Lipinski definition) is 1. The Balaban J connectivity index is 2.65. The summed E-state index contributed by atoms with van der Waals surface area (Å²) in [4.78, 5) is 22.9. The fraction of sp³-hybridized carbons (Fsp3) is 0. The zero-order valence-corrected chi connectivity index (χ0v) is 8.76. The molecule has 2 N–H and O–H groups in total. The van der Waals surface area contributed by atoms with Crippen LogP contribution < -0.4 is 11.3 Å². The van der Waals surface area contributed by atoms with Gasteiger partial charge in [0.2, 0.25) is 0 Å². The molecule has 1 heterocycles. The van der Waals surface area contributed by atoms with Gasteiger partial charge in [0.15, 0.2) is 0 Å². The van der Waals surface area contributed by atoms with Crippen molar-refractivity contribution < 1.29 is 9.18 Å². The van der Waals surface area contributed by atoms with Crippen molar-refractivity contribution in [1.82, 2.24) is 4.57 Å². The summed E-state index contributed by atoms with van der Waals surface area (Å²) in [5, 5.41) is 0. The summed E-state index contributed by atoms with van der Waals surface area (Å²) < 4.78 is 14.2. The van der Waals surface area contributed by atoms with E-state index in [4.69, 9.17) is 5.73 Å². The summed E-state index contributed by atoms with van der Waals surface area (Å²) in [5.74, 6) is -1.26. The first-order chi connectivity index (χ1) is 8.09. The van der Waals surface area contributed by atoms with Crippen LogP contribution in [0.3, 0.4) is 0 Å². The molecule has 4 nitrogen and oxygen atoms in total. The fourth-order valence-corrected chi connectivity index (χ4v) is 1.51. The second-order valence-corrected chi connectivity index (χ2v) is 3.44. The summed E-state index contributed by atoms with van der Waals surface area (Å²) in [6, 6.07) is 8.36. The van der Waals surface area contributed by atoms with Crippen molar-refractivity contribution >= 4 is 5.91 Å². The molecular weight excluding hydrogens is 223 g/mol. The minimum absolute atomic E-state index is 0.128. The molecule has 0 saturated heterocycles. The maximum absolute atomic E-state index is 13.0. The van der Waals surface area contributed by atoms with Crippen molar-refractivity contribution in [2.45, 2.75) is 0 Å². The second kappa shape index (κ2) is 4.21. The minimum Gasteiger partial charge on any atom is -0.365 e. The van der Waals surface area contributed by atoms with Crippen LogP contribution in [0.1, 0.15) is 10.4 Å². The van der Waals surface area contributed by atoms with E-state index in [9.17, 15) is 14.0 Å². The highest BCUT2D eigenvalue weighted by Gasteiger charge is 2.09. The van der Waals surface area contributed by atoms with Crippen LogP contribution in [-0.4, -0.2) is 10.5 Å². The number of nitrogens with two attached hydrogens (primary N) is 1. The van der Waals surface area contributed by atoms with Gasteiger partial charge in [-0.1, -0.05) is 6.07 Å². The lowest BCUT2D eigenvalue weighted by Gasteiger charge is -2.06. The molecule has 0 atom stereocenters. The van der Waals surface area contributed by atoms with Crippen molar-refractivity contribution in [3.8, 4) is 5.69 Å². The van der Waals surface area contributed by atoms with Gasteiger partial charge in [0, 0.05) is 6.20 Å². The molecule has 0 saturated carbocycles. The molecule has 0 aliphatic carbocycles. The number of carbonyl (C=O) groups excluding carboxylic acids is 1. The second-order valence-electron chi connectivity index (χ2n) is 3.44. The molecule has 1 aromatic heterocycles. The number of pyridine rings is 1. The van der Waals surface area contributed by atoms with Crippen molar-refractivity contribution in [1.29, 1.82) is 0 Å². The highest BCUT2D eigenvalue weighted by Crippen LogP contribution is 2.07. The SMILES string of the molecule is NC(=O)c1cccn(-c2cccc(F)c2)c1=O. The Bertz CT molecular complexity index is 634. The summed E-state index contributed by atoms with van der Waals surface area (Å²) >= 11 is 0. The summed E-state index contributed by atoms with van der Waals surface area (Å²) in [7, 11) is 0. The van der Waals surface area contributed by atoms with Gasteiger partial charge in [-0.3, -0.25) is 14.2 Å². The molecule has 0 radical (unpaired) electrons. The maximum Gasteiger partial charge on any atom is 0.267 e. The first kappa shape index (κ1) is 11.1. The molecular formula is C12H9FN2O2. The lowest BCUT2D eigenvalue weighted by molar-refractivity contribution is 0.0998. The lowest BCUT2D eigenvalue weighted by Crippen LogP contribution is -2.28. The van der Waals surface area contributed by atoms with Crippen LogP contribution in [0.2, 0.25) is 0 Å². The van der Waals surface area contributed by atoms with Crippen molar-refractivity contribution in [2.24, 2.45) is 5.73 Å². The summed E-state index contributed by atoms with van der Waals surface area (Å²) in [6.07, 6.45) is 1.45. The van der Waals surface area contributed by atoms with E-state index in [1.54, 1.807) is 6.07 Å². The van der Waals surface area contributed by atoms with E-state index < -0.39 is 17.3 Å². The van der Waals surface area contributed by atoms with Gasteiger partial charge >= 0.3 is 0 Å². The molecule has 0 bridgehead atoms. The summed E-state index contributed by atoms with van der Waals surface area (Å²) in [5.41, 5.74) is 4.72. The monoisotopic (exact) mass is 232 g/mol. The van der Waals surface area contributed by atoms with E-state index in [-0.39, 0.29) is 5.56 Å². The third-order valence-corrected chi connectivity index (χ3v) is 2.30. The molecule has 5 heteroatoms. The molecule has 1 aromatic carbocycles. The van der Waals surface area contributed by atoms with Crippen molar-refractivity contribution in [3.05, 3.63) is 64.3 Å². The predicted molar refractivity (Wildman–Crippen MR) is 60.5 cm³/mol. The zero-order valence-electron chi connectivity index (χ0n) is 8.76. The molecule has 0 unspecified atom stereocenters. The van der Waals surface area contributed by atoms with Gasteiger partial charge in [-0.2, -0.15) is 0 Å². The van der Waals surface area contributed by atoms with E-state index in [1.165, 1.54) is 41.1 Å². The van der Waals surface area contributed by atoms with E-state index in [1.807, 2.05) is 0 Å². The number of halogens is 1. The first-order valence-electron chi connectivity index (χ1n) is 4.87. The summed E-state index contributed by atoms with van der Waals surface area (Å²) in [6.45, 7) is 0. The van der Waals surface area contributed by atoms with Crippen molar-refractivity contribution in [3.63, 3.8) is 0 Å². The van der Waals surface area contributed by atoms with Crippen LogP contribution in [0.15, 0.2) is 47.4 Å². The lowest BCUT2D eigenvalue weighted by atomic mass is 10.2. The van der Waals surface area contributed by atoms with Crippen LogP contribution in [0.25, 0.3) is 5.69 Å². The van der Waals surface area contributed by atoms with Gasteiger partial charge in [-0.05, 0) is 30.3 Å². The molecule has 2 rings (SSSR count). The van der Waals surface area contributed by atoms with Crippen molar-refractivity contribution in [2.75, 3.05) is 0 Å². The maximum atomic E-state index is 13.0. The standard InChI is InChI=1S/C12H9FN2O2/c13-8-3-1-4-9(7-8)15-6-2-5-10(11(14)16)12(15)17/h1-7H,(H2,14,16). The van der Waals surface area contributed by atoms with E-state index in [2.05, 4.69) is 0 Å². The predicted octanol–water partition coefficient (Wildman–Crippen LogP) is 1.08. The van der Waals surface area contributed by atoms with E-state index in [0.717, 1.165) is 0 Å². The first-order valence-corrected chi connectivity index (χ1v) is 4.87. The quantitative estimate of drug-likeness (QED) is 0.841. The Morgan fingerprint density at radius 2 is 2.00 bits per heavy atom. The Morgan fingerprint density at radius 3 is 2.65 bits per heavy atom. The number of hydrogen-bond acceptors (Lipinski definition) is 2. The smallest absolute Gasteiger partial charge is 0.267 e. The fourth-order valence-electron chi connectivity index (χ4n) is 1.51. The van der Waals surface area contributed by atoms with Gasteiger partial charge in [-0.25, -0.2) is 4.39 Å². The molecule has 17 heavy (non-hydrogen) atoms. The van der Waals surface area contributed by atoms with E-state index in [0.29, 0.717) is 5.69 Å². The van der Waals surface area contributed by atoms with Crippen LogP contribution in [0, 0.1) is 5.82 Å². The molecule has 2 aromatic rings. The van der Waals surface area contributed by atoms with Gasteiger partial charge < -0.3 is 5.73 Å². The Labute approximate surface area is 96.1 Å². The number of primary amides is 1. The highest BCUT2D eigenvalue weighted by atomic mass is 19.1. The zero-order chi connectivity index (χ0) is 12.4. The highest BCUT2D eigenvalue weighted by molar-refractivity contribution is 5.92. The topological polar surface area (TPSA) is 65.1 Å². The number of amides is 1. The van der Waals surface area contributed by atoms with Crippen LogP contribution >= 0.6 is 0 Å². The largest absolute Gasteiger partial charge is 0.365 e. The molecule has 0 fully saturated rings. The van der Waals surface area contributed by atoms with E-state index >= 15 is 0 Å². The molecule has 0 aliphatic heterocycles. The molecule has 0 spiro atoms. The number of rotatable bonds is 2. The van der Waals surface area contributed by atoms with Crippen LogP contribution in [0.4, 0.5) is 4.39 Å². The third-order valence-electron chi connectivity index (χ3n) is 2.30. The Morgan fingerprint density at radius 1 is 1.24 bits per heavy atom. The van der Waals surface area contributed by atoms with Gasteiger partial charge in [0.25, 0.3) is 11.5 Å². The third kappa shape index (κ3) is 2.08. The van der Waals surface area contributed by atoms with Gasteiger partial charge in [0.1, 0.15) is 11.4 Å². The molecule has 86 valence electrons. The van der Waals surface area contributed by atoms with Gasteiger partial charge in [-0.15, -0.1) is 0 Å². The molecule has 1 amide bonds. The van der Waals surface area contributed by atoms with Crippen LogP contribution in [-0.2, 0) is 0 Å². The van der Waals surface area contributed by atoms with Gasteiger partial charge in [0.05, 0.1) is 5.69 Å². The number of carbonyl (C=O) groups is 1. The number of aromatic nitrogens is 1.